The van der Waals surface area contributed by atoms with Gasteiger partial charge in [-0.15, -0.1) is 0 Å². The topological polar surface area (TPSA) is 67.4 Å². The molecule has 5 rings (SSSR count). The molecule has 1 aliphatic rings. The predicted molar refractivity (Wildman–Crippen MR) is 120 cm³/mol. The molecule has 30 heavy (non-hydrogen) atoms. The first-order valence-electron chi connectivity index (χ1n) is 10.4. The van der Waals surface area contributed by atoms with Gasteiger partial charge in [0.25, 0.3) is 0 Å². The van der Waals surface area contributed by atoms with Gasteiger partial charge in [-0.25, -0.2) is 14.5 Å². The van der Waals surface area contributed by atoms with Crippen molar-refractivity contribution >= 4 is 17.2 Å². The van der Waals surface area contributed by atoms with Crippen molar-refractivity contribution < 1.29 is 0 Å². The van der Waals surface area contributed by atoms with Gasteiger partial charge >= 0.3 is 0 Å². The van der Waals surface area contributed by atoms with Crippen LogP contribution in [0.1, 0.15) is 19.4 Å². The third-order valence-electron chi connectivity index (χ3n) is 5.20. The SMILES string of the molecule is CC.Cc1cnc(N2CCN(c3cnn4cc(-c5cnn(C)c5)ccc34)CC2)nc1. The van der Waals surface area contributed by atoms with Crippen molar-refractivity contribution in [2.24, 2.45) is 7.05 Å². The molecule has 156 valence electrons. The van der Waals surface area contributed by atoms with Crippen LogP contribution in [-0.4, -0.2) is 55.5 Å². The van der Waals surface area contributed by atoms with Crippen LogP contribution >= 0.6 is 0 Å². The van der Waals surface area contributed by atoms with E-state index in [-0.39, 0.29) is 0 Å². The van der Waals surface area contributed by atoms with Crippen LogP contribution in [0.2, 0.25) is 0 Å². The van der Waals surface area contributed by atoms with Gasteiger partial charge < -0.3 is 9.80 Å². The Morgan fingerprint density at radius 2 is 1.47 bits per heavy atom. The zero-order valence-electron chi connectivity index (χ0n) is 18.0. The molecule has 0 bridgehead atoms. The van der Waals surface area contributed by atoms with Crippen molar-refractivity contribution in [3.05, 3.63) is 54.9 Å². The molecule has 8 nitrogen and oxygen atoms in total. The van der Waals surface area contributed by atoms with E-state index >= 15 is 0 Å². The van der Waals surface area contributed by atoms with Crippen LogP contribution in [0.25, 0.3) is 16.6 Å². The molecule has 0 spiro atoms. The Labute approximate surface area is 176 Å². The number of aryl methyl sites for hydroxylation is 2. The van der Waals surface area contributed by atoms with Gasteiger partial charge in [-0.1, -0.05) is 19.9 Å². The van der Waals surface area contributed by atoms with Gasteiger partial charge in [0.2, 0.25) is 5.95 Å². The van der Waals surface area contributed by atoms with Crippen LogP contribution < -0.4 is 9.80 Å². The molecule has 0 atom stereocenters. The highest BCUT2D eigenvalue weighted by molar-refractivity contribution is 5.75. The fourth-order valence-corrected chi connectivity index (χ4v) is 3.65. The van der Waals surface area contributed by atoms with Crippen LogP contribution in [0.15, 0.2) is 49.3 Å². The Morgan fingerprint density at radius 1 is 0.767 bits per heavy atom. The fourth-order valence-electron chi connectivity index (χ4n) is 3.65. The van der Waals surface area contributed by atoms with E-state index in [0.29, 0.717) is 0 Å². The monoisotopic (exact) mass is 404 g/mol. The summed E-state index contributed by atoms with van der Waals surface area (Å²) in [5.74, 6) is 0.811. The first-order chi connectivity index (χ1) is 14.7. The molecular formula is C22H28N8. The summed E-state index contributed by atoms with van der Waals surface area (Å²) in [6, 6.07) is 4.27. The molecule has 0 amide bonds. The molecule has 0 saturated carbocycles. The average Bonchev–Trinajstić information content (AvgIpc) is 3.42. The van der Waals surface area contributed by atoms with Gasteiger partial charge in [0, 0.05) is 69.1 Å². The molecule has 0 N–H and O–H groups in total. The second kappa shape index (κ2) is 8.52. The maximum absolute atomic E-state index is 4.58. The van der Waals surface area contributed by atoms with Crippen LogP contribution in [0, 0.1) is 6.92 Å². The van der Waals surface area contributed by atoms with Crippen molar-refractivity contribution in [3.8, 4) is 11.1 Å². The summed E-state index contributed by atoms with van der Waals surface area (Å²) in [7, 11) is 1.93. The Morgan fingerprint density at radius 3 is 2.13 bits per heavy atom. The second-order valence-electron chi connectivity index (χ2n) is 7.21. The minimum Gasteiger partial charge on any atom is -0.365 e. The van der Waals surface area contributed by atoms with E-state index in [1.165, 1.54) is 5.69 Å². The Hall–Kier alpha value is -3.42. The Kier molecular flexibility index (Phi) is 5.65. The molecule has 1 saturated heterocycles. The van der Waals surface area contributed by atoms with E-state index in [2.05, 4.69) is 48.3 Å². The lowest BCUT2D eigenvalue weighted by molar-refractivity contribution is 0.641. The number of rotatable bonds is 3. The summed E-state index contributed by atoms with van der Waals surface area (Å²) in [5.41, 5.74) is 5.57. The van der Waals surface area contributed by atoms with Gasteiger partial charge in [-0.3, -0.25) is 4.68 Å². The Bertz CT molecular complexity index is 1100. The molecule has 1 fully saturated rings. The number of hydrogen-bond acceptors (Lipinski definition) is 6. The van der Waals surface area contributed by atoms with Gasteiger partial charge in [0.1, 0.15) is 0 Å². The first-order valence-corrected chi connectivity index (χ1v) is 10.4. The van der Waals surface area contributed by atoms with E-state index in [4.69, 9.17) is 0 Å². The van der Waals surface area contributed by atoms with E-state index in [0.717, 1.165) is 54.3 Å². The van der Waals surface area contributed by atoms with Gasteiger partial charge in [-0.05, 0) is 18.6 Å². The number of fused-ring (bicyclic) bond motifs is 1. The molecule has 0 unspecified atom stereocenters. The standard InChI is InChI=1S/C20H22N8.C2H6/c1-15-9-21-20(22-10-15)27-7-5-26(6-8-27)19-12-24-28-14-16(3-4-18(19)28)17-11-23-25(2)13-17;1-2/h3-4,9-14H,5-8H2,1-2H3;1-2H3. The third kappa shape index (κ3) is 3.85. The van der Waals surface area contributed by atoms with Crippen LogP contribution in [0.4, 0.5) is 11.6 Å². The summed E-state index contributed by atoms with van der Waals surface area (Å²) >= 11 is 0. The number of nitrogens with zero attached hydrogens (tertiary/aromatic N) is 8. The zero-order chi connectivity index (χ0) is 21.1. The van der Waals surface area contributed by atoms with Gasteiger partial charge in [0.05, 0.1) is 23.6 Å². The van der Waals surface area contributed by atoms with E-state index in [9.17, 15) is 0 Å². The minimum absolute atomic E-state index is 0.811. The van der Waals surface area contributed by atoms with Crippen molar-refractivity contribution in [1.29, 1.82) is 0 Å². The maximum Gasteiger partial charge on any atom is 0.225 e. The molecule has 5 heterocycles. The first kappa shape index (κ1) is 19.9. The molecule has 0 aliphatic carbocycles. The zero-order valence-corrected chi connectivity index (χ0v) is 18.0. The number of piperazine rings is 1. The van der Waals surface area contributed by atoms with E-state index in [1.54, 1.807) is 0 Å². The largest absolute Gasteiger partial charge is 0.365 e. The van der Waals surface area contributed by atoms with Crippen LogP contribution in [-0.2, 0) is 7.05 Å². The number of pyridine rings is 1. The van der Waals surface area contributed by atoms with E-state index < -0.39 is 0 Å². The van der Waals surface area contributed by atoms with Crippen LogP contribution in [0.5, 0.6) is 0 Å². The van der Waals surface area contributed by atoms with Crippen molar-refractivity contribution in [2.75, 3.05) is 36.0 Å². The summed E-state index contributed by atoms with van der Waals surface area (Å²) in [6.45, 7) is 9.64. The summed E-state index contributed by atoms with van der Waals surface area (Å²) < 4.78 is 3.76. The second-order valence-corrected chi connectivity index (χ2v) is 7.21. The molecular weight excluding hydrogens is 376 g/mol. The lowest BCUT2D eigenvalue weighted by atomic mass is 10.1. The molecule has 1 aliphatic heterocycles. The molecule has 8 heteroatoms. The summed E-state index contributed by atoms with van der Waals surface area (Å²) in [6.07, 6.45) is 11.7. The lowest BCUT2D eigenvalue weighted by Gasteiger charge is -2.35. The van der Waals surface area contributed by atoms with Crippen molar-refractivity contribution in [1.82, 2.24) is 29.4 Å². The number of hydrogen-bond donors (Lipinski definition) is 0. The average molecular weight is 405 g/mol. The van der Waals surface area contributed by atoms with Crippen molar-refractivity contribution in [2.45, 2.75) is 20.8 Å². The summed E-state index contributed by atoms with van der Waals surface area (Å²) in [5, 5.41) is 8.84. The van der Waals surface area contributed by atoms with E-state index in [1.807, 2.05) is 68.0 Å². The normalized spacial score (nSPS) is 14.0. The minimum atomic E-state index is 0.811. The quantitative estimate of drug-likeness (QED) is 0.522. The number of anilines is 2. The van der Waals surface area contributed by atoms with Crippen LogP contribution in [0.3, 0.4) is 0 Å². The summed E-state index contributed by atoms with van der Waals surface area (Å²) in [4.78, 5) is 13.5. The smallest absolute Gasteiger partial charge is 0.225 e. The molecule has 4 aromatic rings. The maximum atomic E-state index is 4.58. The third-order valence-corrected chi connectivity index (χ3v) is 5.20. The lowest BCUT2D eigenvalue weighted by Crippen LogP contribution is -2.47. The van der Waals surface area contributed by atoms with Crippen molar-refractivity contribution in [3.63, 3.8) is 0 Å². The highest BCUT2D eigenvalue weighted by atomic mass is 15.3. The highest BCUT2D eigenvalue weighted by Crippen LogP contribution is 2.26. The molecule has 0 radical (unpaired) electrons. The molecule has 0 aromatic carbocycles. The van der Waals surface area contributed by atoms with Gasteiger partial charge in [0.15, 0.2) is 0 Å². The fraction of sp³-hybridized carbons (Fsp3) is 0.364. The number of aromatic nitrogens is 6. The van der Waals surface area contributed by atoms with Gasteiger partial charge in [-0.2, -0.15) is 10.2 Å². The highest BCUT2D eigenvalue weighted by Gasteiger charge is 2.21. The predicted octanol–water partition coefficient (Wildman–Crippen LogP) is 3.19. The molecule has 4 aromatic heterocycles. The Balaban J connectivity index is 0.00000106.